The van der Waals surface area contributed by atoms with Gasteiger partial charge in [-0.25, -0.2) is 0 Å². The van der Waals surface area contributed by atoms with Crippen LogP contribution in [-0.2, 0) is 6.42 Å². The van der Waals surface area contributed by atoms with Gasteiger partial charge in [0, 0.05) is 25.3 Å². The molecule has 3 heteroatoms. The summed E-state index contributed by atoms with van der Waals surface area (Å²) in [7, 11) is 3.74. The van der Waals surface area contributed by atoms with Crippen molar-refractivity contribution in [3.63, 3.8) is 0 Å². The Morgan fingerprint density at radius 1 is 1.14 bits per heavy atom. The minimum Gasteiger partial charge on any atom is -0.497 e. The number of nitrogens with two attached hydrogens (primary N) is 1. The highest BCUT2D eigenvalue weighted by molar-refractivity contribution is 5.47. The van der Waals surface area contributed by atoms with Crippen molar-refractivity contribution >= 4 is 5.69 Å². The Balaban J connectivity index is 2.04. The molecule has 2 rings (SSSR count). The van der Waals surface area contributed by atoms with Gasteiger partial charge in [0.25, 0.3) is 0 Å². The number of anilines is 1. The van der Waals surface area contributed by atoms with Gasteiger partial charge in [-0.2, -0.15) is 0 Å². The highest BCUT2D eigenvalue weighted by Crippen LogP contribution is 2.21. The third kappa shape index (κ3) is 3.99. The zero-order chi connectivity index (χ0) is 15.2. The van der Waals surface area contributed by atoms with Crippen LogP contribution in [0, 0.1) is 0 Å². The molecule has 1 unspecified atom stereocenters. The van der Waals surface area contributed by atoms with Crippen LogP contribution in [0.3, 0.4) is 0 Å². The maximum absolute atomic E-state index is 6.32. The Morgan fingerprint density at radius 3 is 2.48 bits per heavy atom. The molecule has 0 aliphatic rings. The average Bonchev–Trinajstić information content (AvgIpc) is 2.54. The lowest BCUT2D eigenvalue weighted by atomic mass is 10.1. The largest absolute Gasteiger partial charge is 0.497 e. The minimum absolute atomic E-state index is 0.0454. The van der Waals surface area contributed by atoms with Crippen molar-refractivity contribution in [1.82, 2.24) is 0 Å². The summed E-state index contributed by atoms with van der Waals surface area (Å²) in [5.74, 6) is 0.845. The highest BCUT2D eigenvalue weighted by Gasteiger charge is 2.10. The summed E-state index contributed by atoms with van der Waals surface area (Å²) in [6.07, 6.45) is 1.06. The monoisotopic (exact) mass is 284 g/mol. The van der Waals surface area contributed by atoms with Gasteiger partial charge in [0.2, 0.25) is 0 Å². The van der Waals surface area contributed by atoms with Crippen molar-refractivity contribution in [1.29, 1.82) is 0 Å². The lowest BCUT2D eigenvalue weighted by Crippen LogP contribution is -2.28. The fourth-order valence-electron chi connectivity index (χ4n) is 2.36. The molecule has 0 heterocycles. The van der Waals surface area contributed by atoms with Gasteiger partial charge in [-0.05, 0) is 41.8 Å². The fourth-order valence-corrected chi connectivity index (χ4v) is 2.36. The van der Waals surface area contributed by atoms with Crippen LogP contribution in [0.15, 0.2) is 48.5 Å². The van der Waals surface area contributed by atoms with Gasteiger partial charge in [0.1, 0.15) is 5.75 Å². The van der Waals surface area contributed by atoms with Gasteiger partial charge in [0.15, 0.2) is 0 Å². The summed E-state index contributed by atoms with van der Waals surface area (Å²) in [6.45, 7) is 2.93. The van der Waals surface area contributed by atoms with Crippen molar-refractivity contribution in [3.8, 4) is 5.75 Å². The normalized spacial score (nSPS) is 12.0. The molecule has 0 amide bonds. The number of hydrogen-bond acceptors (Lipinski definition) is 3. The molecule has 0 aromatic heterocycles. The molecule has 2 aromatic rings. The van der Waals surface area contributed by atoms with E-state index < -0.39 is 0 Å². The first-order chi connectivity index (χ1) is 10.1. The zero-order valence-corrected chi connectivity index (χ0v) is 13.0. The molecule has 0 saturated carbocycles. The standard InChI is InChI=1S/C18H24N2O/c1-4-14-8-10-16(11-9-14)20(2)13-18(19)15-6-5-7-17(12-15)21-3/h5-12,18H,4,13,19H2,1-3H3. The second-order valence-electron chi connectivity index (χ2n) is 5.28. The van der Waals surface area contributed by atoms with E-state index >= 15 is 0 Å². The number of hydrogen-bond donors (Lipinski definition) is 1. The first kappa shape index (κ1) is 15.4. The molecule has 3 nitrogen and oxygen atoms in total. The van der Waals surface area contributed by atoms with E-state index in [1.165, 1.54) is 11.3 Å². The van der Waals surface area contributed by atoms with Gasteiger partial charge < -0.3 is 15.4 Å². The van der Waals surface area contributed by atoms with E-state index in [4.69, 9.17) is 10.5 Å². The molecular weight excluding hydrogens is 260 g/mol. The molecule has 112 valence electrons. The van der Waals surface area contributed by atoms with Gasteiger partial charge in [-0.1, -0.05) is 31.2 Å². The summed E-state index contributed by atoms with van der Waals surface area (Å²) in [5, 5.41) is 0. The Bertz CT molecular complexity index is 566. The summed E-state index contributed by atoms with van der Waals surface area (Å²) in [4.78, 5) is 2.18. The van der Waals surface area contributed by atoms with Crippen LogP contribution in [0.4, 0.5) is 5.69 Å². The molecule has 21 heavy (non-hydrogen) atoms. The predicted octanol–water partition coefficient (Wildman–Crippen LogP) is 3.39. The number of benzene rings is 2. The van der Waals surface area contributed by atoms with E-state index in [1.807, 2.05) is 24.3 Å². The molecule has 0 saturated heterocycles. The number of aryl methyl sites for hydroxylation is 1. The molecule has 2 N–H and O–H groups in total. The van der Waals surface area contributed by atoms with Crippen LogP contribution in [0.25, 0.3) is 0 Å². The Morgan fingerprint density at radius 2 is 1.86 bits per heavy atom. The molecule has 0 aliphatic heterocycles. The quantitative estimate of drug-likeness (QED) is 0.883. The van der Waals surface area contributed by atoms with Crippen LogP contribution in [-0.4, -0.2) is 20.7 Å². The van der Waals surface area contributed by atoms with Crippen LogP contribution >= 0.6 is 0 Å². The number of rotatable bonds is 6. The van der Waals surface area contributed by atoms with E-state index in [9.17, 15) is 0 Å². The lowest BCUT2D eigenvalue weighted by Gasteiger charge is -2.24. The number of methoxy groups -OCH3 is 1. The van der Waals surface area contributed by atoms with Crippen molar-refractivity contribution in [2.24, 2.45) is 5.73 Å². The maximum Gasteiger partial charge on any atom is 0.119 e. The van der Waals surface area contributed by atoms with E-state index in [-0.39, 0.29) is 6.04 Å². The summed E-state index contributed by atoms with van der Waals surface area (Å²) < 4.78 is 5.25. The number of nitrogens with zero attached hydrogens (tertiary/aromatic N) is 1. The van der Waals surface area contributed by atoms with E-state index in [0.717, 1.165) is 24.3 Å². The average molecular weight is 284 g/mol. The van der Waals surface area contributed by atoms with Crippen LogP contribution < -0.4 is 15.4 Å². The molecule has 0 radical (unpaired) electrons. The molecule has 0 aliphatic carbocycles. The molecule has 0 bridgehead atoms. The Labute approximate surface area is 127 Å². The number of likely N-dealkylation sites (N-methyl/N-ethyl adjacent to an activating group) is 1. The third-order valence-corrected chi connectivity index (χ3v) is 3.78. The van der Waals surface area contributed by atoms with Gasteiger partial charge >= 0.3 is 0 Å². The van der Waals surface area contributed by atoms with E-state index in [1.54, 1.807) is 7.11 Å². The smallest absolute Gasteiger partial charge is 0.119 e. The molecular formula is C18H24N2O. The van der Waals surface area contributed by atoms with E-state index in [0.29, 0.717) is 0 Å². The van der Waals surface area contributed by atoms with Crippen LogP contribution in [0.1, 0.15) is 24.1 Å². The molecule has 0 spiro atoms. The third-order valence-electron chi connectivity index (χ3n) is 3.78. The number of ether oxygens (including phenoxy) is 1. The summed E-state index contributed by atoms with van der Waals surface area (Å²) in [5.41, 5.74) is 9.94. The predicted molar refractivity (Wildman–Crippen MR) is 89.0 cm³/mol. The van der Waals surface area contributed by atoms with Crippen molar-refractivity contribution in [3.05, 3.63) is 59.7 Å². The fraction of sp³-hybridized carbons (Fsp3) is 0.333. The van der Waals surface area contributed by atoms with Crippen molar-refractivity contribution in [2.45, 2.75) is 19.4 Å². The van der Waals surface area contributed by atoms with E-state index in [2.05, 4.69) is 43.1 Å². The maximum atomic E-state index is 6.32. The lowest BCUT2D eigenvalue weighted by molar-refractivity contribution is 0.414. The van der Waals surface area contributed by atoms with Crippen LogP contribution in [0.2, 0.25) is 0 Å². The molecule has 2 aromatic carbocycles. The van der Waals surface area contributed by atoms with Crippen LogP contribution in [0.5, 0.6) is 5.75 Å². The molecule has 0 fully saturated rings. The first-order valence-corrected chi connectivity index (χ1v) is 7.33. The van der Waals surface area contributed by atoms with Crippen molar-refractivity contribution in [2.75, 3.05) is 25.6 Å². The Hall–Kier alpha value is -2.00. The van der Waals surface area contributed by atoms with Gasteiger partial charge in [-0.15, -0.1) is 0 Å². The second-order valence-corrected chi connectivity index (χ2v) is 5.28. The second kappa shape index (κ2) is 7.14. The summed E-state index contributed by atoms with van der Waals surface area (Å²) >= 11 is 0. The first-order valence-electron chi connectivity index (χ1n) is 7.33. The van der Waals surface area contributed by atoms with Gasteiger partial charge in [-0.3, -0.25) is 0 Å². The van der Waals surface area contributed by atoms with Gasteiger partial charge in [0.05, 0.1) is 7.11 Å². The highest BCUT2D eigenvalue weighted by atomic mass is 16.5. The van der Waals surface area contributed by atoms with Crippen molar-refractivity contribution < 1.29 is 4.74 Å². The topological polar surface area (TPSA) is 38.5 Å². The Kier molecular flexibility index (Phi) is 5.23. The summed E-state index contributed by atoms with van der Waals surface area (Å²) in [6, 6.07) is 16.5. The molecule has 1 atom stereocenters. The SMILES string of the molecule is CCc1ccc(N(C)CC(N)c2cccc(OC)c2)cc1. The minimum atomic E-state index is -0.0454. The zero-order valence-electron chi connectivity index (χ0n) is 13.0.